The van der Waals surface area contributed by atoms with E-state index in [9.17, 15) is 19.0 Å². The first-order valence-corrected chi connectivity index (χ1v) is 21.0. The van der Waals surface area contributed by atoms with Crippen molar-refractivity contribution in [2.75, 3.05) is 26.4 Å². The van der Waals surface area contributed by atoms with Gasteiger partial charge in [-0.25, -0.2) is 4.57 Å². The minimum atomic E-state index is -4.38. The third-order valence-electron chi connectivity index (χ3n) is 8.03. The maximum Gasteiger partial charge on any atom is 0.472 e. The van der Waals surface area contributed by atoms with Crippen LogP contribution in [0, 0.1) is 0 Å². The van der Waals surface area contributed by atoms with E-state index in [0.717, 1.165) is 51.4 Å². The number of carbonyl (C=O) groups excluding carboxylic acids is 2. The summed E-state index contributed by atoms with van der Waals surface area (Å²) in [5, 5.41) is 0. The van der Waals surface area contributed by atoms with Crippen molar-refractivity contribution in [2.45, 2.75) is 174 Å². The number of esters is 2. The third kappa shape index (κ3) is 35.8. The summed E-state index contributed by atoms with van der Waals surface area (Å²) in [7, 11) is -4.38. The third-order valence-corrected chi connectivity index (χ3v) is 9.01. The molecule has 49 heavy (non-hydrogen) atoms. The lowest BCUT2D eigenvalue weighted by molar-refractivity contribution is -0.161. The number of nitrogens with two attached hydrogens (primary N) is 1. The second kappa shape index (κ2) is 36.0. The summed E-state index contributed by atoms with van der Waals surface area (Å²) < 4.78 is 32.6. The Bertz CT molecular complexity index is 907. The minimum Gasteiger partial charge on any atom is -0.462 e. The van der Waals surface area contributed by atoms with Gasteiger partial charge in [0.2, 0.25) is 0 Å². The predicted octanol–water partition coefficient (Wildman–Crippen LogP) is 10.6. The van der Waals surface area contributed by atoms with Crippen LogP contribution in [-0.4, -0.2) is 49.3 Å². The Morgan fingerprint density at radius 2 is 1.06 bits per heavy atom. The summed E-state index contributed by atoms with van der Waals surface area (Å²) in [6, 6.07) is 0. The van der Waals surface area contributed by atoms with Crippen molar-refractivity contribution in [1.82, 2.24) is 0 Å². The fraction of sp³-hybridized carbons (Fsp3) is 0.795. The maximum atomic E-state index is 12.5. The lowest BCUT2D eigenvalue weighted by Gasteiger charge is -2.19. The second-order valence-corrected chi connectivity index (χ2v) is 14.3. The van der Waals surface area contributed by atoms with Crippen LogP contribution in [0.5, 0.6) is 0 Å². The minimum absolute atomic E-state index is 0.0475. The van der Waals surface area contributed by atoms with Crippen LogP contribution in [0.3, 0.4) is 0 Å². The van der Waals surface area contributed by atoms with Crippen molar-refractivity contribution in [3.8, 4) is 0 Å². The molecule has 0 bridgehead atoms. The highest BCUT2D eigenvalue weighted by atomic mass is 31.2. The largest absolute Gasteiger partial charge is 0.472 e. The van der Waals surface area contributed by atoms with Crippen LogP contribution in [0.25, 0.3) is 0 Å². The highest BCUT2D eigenvalue weighted by molar-refractivity contribution is 7.47. The molecule has 0 aliphatic rings. The molecule has 0 radical (unpaired) electrons. The monoisotopic (exact) mass is 713 g/mol. The standard InChI is InChI=1S/C39H72NO8P/c1-3-5-7-9-11-13-15-17-18-20-22-24-26-28-30-32-39(42)48-37(36-47-49(43,44)46-34-33-40)35-45-38(41)31-29-27-25-23-21-19-16-14-12-10-8-6-4-2/h11,13,17-18,22,24,37H,3-10,12,14-16,19-21,23,25-36,40H2,1-2H3,(H,43,44). The number of phosphoric ester groups is 1. The highest BCUT2D eigenvalue weighted by Gasteiger charge is 2.25. The molecule has 9 nitrogen and oxygen atoms in total. The van der Waals surface area contributed by atoms with Gasteiger partial charge in [0, 0.05) is 19.4 Å². The maximum absolute atomic E-state index is 12.5. The molecular weight excluding hydrogens is 641 g/mol. The highest BCUT2D eigenvalue weighted by Crippen LogP contribution is 2.43. The van der Waals surface area contributed by atoms with Crippen molar-refractivity contribution in [3.63, 3.8) is 0 Å². The van der Waals surface area contributed by atoms with E-state index in [0.29, 0.717) is 6.42 Å². The molecule has 0 aliphatic carbocycles. The van der Waals surface area contributed by atoms with Crippen LogP contribution in [-0.2, 0) is 32.7 Å². The Labute approximate surface area is 299 Å². The Balaban J connectivity index is 4.29. The normalized spacial score (nSPS) is 13.8. The molecule has 0 rings (SSSR count). The van der Waals surface area contributed by atoms with Crippen LogP contribution in [0.15, 0.2) is 36.5 Å². The van der Waals surface area contributed by atoms with E-state index in [1.54, 1.807) is 0 Å². The first kappa shape index (κ1) is 47.2. The van der Waals surface area contributed by atoms with E-state index in [2.05, 4.69) is 50.3 Å². The summed E-state index contributed by atoms with van der Waals surface area (Å²) in [4.78, 5) is 34.7. The van der Waals surface area contributed by atoms with E-state index in [1.807, 2.05) is 0 Å². The van der Waals surface area contributed by atoms with Gasteiger partial charge >= 0.3 is 19.8 Å². The summed E-state index contributed by atoms with van der Waals surface area (Å²) >= 11 is 0. The van der Waals surface area contributed by atoms with Gasteiger partial charge in [-0.3, -0.25) is 18.6 Å². The summed E-state index contributed by atoms with van der Waals surface area (Å²) in [5.41, 5.74) is 5.33. The summed E-state index contributed by atoms with van der Waals surface area (Å²) in [6.07, 6.45) is 37.4. The molecule has 0 heterocycles. The molecule has 0 aliphatic heterocycles. The quantitative estimate of drug-likeness (QED) is 0.0281. The molecule has 0 saturated heterocycles. The van der Waals surface area contributed by atoms with Gasteiger partial charge in [0.25, 0.3) is 0 Å². The SMILES string of the molecule is CCCCCC=CCC=CCC=CCCCCC(=O)OC(COC(=O)CCCCCCCCCCCCCCC)COP(=O)(O)OCCN. The van der Waals surface area contributed by atoms with Crippen LogP contribution >= 0.6 is 7.82 Å². The number of hydrogen-bond donors (Lipinski definition) is 2. The predicted molar refractivity (Wildman–Crippen MR) is 201 cm³/mol. The zero-order valence-corrected chi connectivity index (χ0v) is 32.1. The number of carbonyl (C=O) groups is 2. The fourth-order valence-corrected chi connectivity index (χ4v) is 5.88. The van der Waals surface area contributed by atoms with Crippen LogP contribution < -0.4 is 5.73 Å². The zero-order valence-electron chi connectivity index (χ0n) is 31.2. The summed E-state index contributed by atoms with van der Waals surface area (Å²) in [5.74, 6) is -0.873. The van der Waals surface area contributed by atoms with Gasteiger partial charge in [-0.05, 0) is 51.4 Å². The van der Waals surface area contributed by atoms with Gasteiger partial charge in [0.05, 0.1) is 13.2 Å². The molecular formula is C39H72NO8P. The van der Waals surface area contributed by atoms with E-state index in [4.69, 9.17) is 24.3 Å². The zero-order chi connectivity index (χ0) is 36.1. The van der Waals surface area contributed by atoms with E-state index >= 15 is 0 Å². The number of allylic oxidation sites excluding steroid dienone is 6. The van der Waals surface area contributed by atoms with Gasteiger partial charge in [0.15, 0.2) is 6.10 Å². The van der Waals surface area contributed by atoms with Crippen molar-refractivity contribution in [1.29, 1.82) is 0 Å². The van der Waals surface area contributed by atoms with Gasteiger partial charge in [0.1, 0.15) is 6.61 Å². The molecule has 0 aromatic rings. The first-order chi connectivity index (χ1) is 23.8. The number of ether oxygens (including phenoxy) is 2. The molecule has 0 fully saturated rings. The molecule has 0 aromatic heterocycles. The van der Waals surface area contributed by atoms with E-state index in [1.165, 1.54) is 83.5 Å². The molecule has 0 spiro atoms. The Morgan fingerprint density at radius 3 is 1.61 bits per heavy atom. The lowest BCUT2D eigenvalue weighted by Crippen LogP contribution is -2.29. The smallest absolute Gasteiger partial charge is 0.462 e. The molecule has 10 heteroatoms. The van der Waals surface area contributed by atoms with Crippen molar-refractivity contribution in [2.24, 2.45) is 5.73 Å². The molecule has 0 aromatic carbocycles. The molecule has 286 valence electrons. The van der Waals surface area contributed by atoms with Gasteiger partial charge < -0.3 is 20.1 Å². The molecule has 0 amide bonds. The molecule has 3 N–H and O–H groups in total. The first-order valence-electron chi connectivity index (χ1n) is 19.5. The van der Waals surface area contributed by atoms with Crippen molar-refractivity contribution < 1.29 is 37.6 Å². The van der Waals surface area contributed by atoms with Crippen LogP contribution in [0.2, 0.25) is 0 Å². The Hall–Kier alpha value is -1.77. The Kier molecular flexibility index (Phi) is 34.7. The average molecular weight is 714 g/mol. The second-order valence-electron chi connectivity index (χ2n) is 12.8. The number of hydrogen-bond acceptors (Lipinski definition) is 8. The van der Waals surface area contributed by atoms with Crippen LogP contribution in [0.4, 0.5) is 0 Å². The average Bonchev–Trinajstić information content (AvgIpc) is 3.08. The number of unbranched alkanes of at least 4 members (excludes halogenated alkanes) is 17. The fourth-order valence-electron chi connectivity index (χ4n) is 5.11. The van der Waals surface area contributed by atoms with Gasteiger partial charge in [-0.2, -0.15) is 0 Å². The van der Waals surface area contributed by atoms with Crippen LogP contribution in [0.1, 0.15) is 168 Å². The Morgan fingerprint density at radius 1 is 0.612 bits per heavy atom. The molecule has 2 atom stereocenters. The van der Waals surface area contributed by atoms with Crippen molar-refractivity contribution >= 4 is 19.8 Å². The summed E-state index contributed by atoms with van der Waals surface area (Å²) in [6.45, 7) is 3.65. The topological polar surface area (TPSA) is 134 Å². The molecule has 0 saturated carbocycles. The molecule has 2 unspecified atom stereocenters. The van der Waals surface area contributed by atoms with Crippen molar-refractivity contribution in [3.05, 3.63) is 36.5 Å². The van der Waals surface area contributed by atoms with E-state index < -0.39 is 32.5 Å². The van der Waals surface area contributed by atoms with E-state index in [-0.39, 0.29) is 32.6 Å². The lowest BCUT2D eigenvalue weighted by atomic mass is 10.0. The number of rotatable bonds is 36. The number of phosphoric acid groups is 1. The van der Waals surface area contributed by atoms with Gasteiger partial charge in [-0.1, -0.05) is 140 Å². The van der Waals surface area contributed by atoms with Gasteiger partial charge in [-0.15, -0.1) is 0 Å².